The second-order valence-corrected chi connectivity index (χ2v) is 4.45. The predicted molar refractivity (Wildman–Crippen MR) is 75.1 cm³/mol. The van der Waals surface area contributed by atoms with Crippen molar-refractivity contribution >= 4 is 17.6 Å². The van der Waals surface area contributed by atoms with Crippen molar-refractivity contribution in [2.45, 2.75) is 13.8 Å². The number of hydrogen-bond acceptors (Lipinski definition) is 3. The molecule has 2 rings (SSSR count). The molecule has 0 saturated heterocycles. The molecule has 2 N–H and O–H groups in total. The van der Waals surface area contributed by atoms with Crippen molar-refractivity contribution in [3.8, 4) is 0 Å². The first-order valence-electron chi connectivity index (χ1n) is 6.05. The molecule has 2 aromatic rings. The highest BCUT2D eigenvalue weighted by atomic mass is 16.4. The number of hydrogen-bond donors (Lipinski definition) is 2. The van der Waals surface area contributed by atoms with Gasteiger partial charge in [0.25, 0.3) is 5.91 Å². The summed E-state index contributed by atoms with van der Waals surface area (Å²) >= 11 is 0. The zero-order valence-electron chi connectivity index (χ0n) is 11.2. The smallest absolute Gasteiger partial charge is 0.336 e. The van der Waals surface area contributed by atoms with Gasteiger partial charge in [-0.05, 0) is 37.1 Å². The number of aromatic carboxylic acids is 1. The van der Waals surface area contributed by atoms with Crippen LogP contribution >= 0.6 is 0 Å². The zero-order valence-corrected chi connectivity index (χ0v) is 11.2. The van der Waals surface area contributed by atoms with E-state index in [0.717, 1.165) is 0 Å². The molecule has 5 nitrogen and oxygen atoms in total. The highest BCUT2D eigenvalue weighted by Gasteiger charge is 2.21. The quantitative estimate of drug-likeness (QED) is 0.898. The van der Waals surface area contributed by atoms with Crippen LogP contribution in [0.1, 0.15) is 31.8 Å². The molecular formula is C15H14N2O3. The van der Waals surface area contributed by atoms with Gasteiger partial charge in [0, 0.05) is 6.20 Å². The SMILES string of the molecule is Cc1ccc(C)c(C(=O)Nc2cccnc2)c1C(=O)O. The number of carboxylic acid groups (broad SMARTS) is 1. The minimum atomic E-state index is -1.11. The molecule has 0 bridgehead atoms. The number of aromatic nitrogens is 1. The Morgan fingerprint density at radius 3 is 2.30 bits per heavy atom. The number of pyridine rings is 1. The Morgan fingerprint density at radius 1 is 1.10 bits per heavy atom. The summed E-state index contributed by atoms with van der Waals surface area (Å²) in [5.74, 6) is -1.56. The Morgan fingerprint density at radius 2 is 1.75 bits per heavy atom. The molecule has 0 fully saturated rings. The first-order valence-corrected chi connectivity index (χ1v) is 6.05. The number of aryl methyl sites for hydroxylation is 2. The maximum Gasteiger partial charge on any atom is 0.336 e. The number of nitrogens with one attached hydrogen (secondary N) is 1. The summed E-state index contributed by atoms with van der Waals surface area (Å²) in [6.45, 7) is 3.38. The topological polar surface area (TPSA) is 79.3 Å². The second kappa shape index (κ2) is 5.52. The van der Waals surface area contributed by atoms with Crippen LogP contribution in [-0.2, 0) is 0 Å². The fourth-order valence-corrected chi connectivity index (χ4v) is 2.01. The van der Waals surface area contributed by atoms with Crippen LogP contribution in [0.2, 0.25) is 0 Å². The average molecular weight is 270 g/mol. The minimum absolute atomic E-state index is 0.0337. The van der Waals surface area contributed by atoms with E-state index in [-0.39, 0.29) is 11.1 Å². The molecule has 0 aliphatic rings. The highest BCUT2D eigenvalue weighted by Crippen LogP contribution is 2.20. The third-order valence-corrected chi connectivity index (χ3v) is 2.98. The van der Waals surface area contributed by atoms with E-state index in [9.17, 15) is 14.7 Å². The van der Waals surface area contributed by atoms with E-state index in [0.29, 0.717) is 16.8 Å². The van der Waals surface area contributed by atoms with Crippen molar-refractivity contribution in [1.29, 1.82) is 0 Å². The maximum absolute atomic E-state index is 12.3. The molecule has 0 atom stereocenters. The van der Waals surface area contributed by atoms with Crippen LogP contribution in [0, 0.1) is 13.8 Å². The fourth-order valence-electron chi connectivity index (χ4n) is 2.01. The molecule has 0 radical (unpaired) electrons. The van der Waals surface area contributed by atoms with Crippen molar-refractivity contribution < 1.29 is 14.7 Å². The summed E-state index contributed by atoms with van der Waals surface area (Å²) in [4.78, 5) is 27.6. The number of benzene rings is 1. The van der Waals surface area contributed by atoms with Crippen molar-refractivity contribution in [1.82, 2.24) is 4.98 Å². The lowest BCUT2D eigenvalue weighted by molar-refractivity contribution is 0.0691. The Kier molecular flexibility index (Phi) is 3.79. The van der Waals surface area contributed by atoms with Crippen LogP contribution in [-0.4, -0.2) is 22.0 Å². The predicted octanol–water partition coefficient (Wildman–Crippen LogP) is 2.65. The van der Waals surface area contributed by atoms with E-state index in [2.05, 4.69) is 10.3 Å². The first kappa shape index (κ1) is 13.7. The molecule has 1 heterocycles. The molecule has 0 aliphatic carbocycles. The third-order valence-electron chi connectivity index (χ3n) is 2.98. The molecule has 0 unspecified atom stereocenters. The number of nitrogens with zero attached hydrogens (tertiary/aromatic N) is 1. The summed E-state index contributed by atoms with van der Waals surface area (Å²) in [7, 11) is 0. The molecule has 0 aliphatic heterocycles. The third kappa shape index (κ3) is 2.66. The maximum atomic E-state index is 12.3. The molecule has 5 heteroatoms. The molecule has 0 spiro atoms. The lowest BCUT2D eigenvalue weighted by Crippen LogP contribution is -2.19. The second-order valence-electron chi connectivity index (χ2n) is 4.45. The van der Waals surface area contributed by atoms with Crippen LogP contribution in [0.15, 0.2) is 36.7 Å². The van der Waals surface area contributed by atoms with Gasteiger partial charge in [0.15, 0.2) is 0 Å². The Bertz CT molecular complexity index is 666. The number of amides is 1. The Hall–Kier alpha value is -2.69. The molecule has 1 aromatic carbocycles. The van der Waals surface area contributed by atoms with Gasteiger partial charge < -0.3 is 10.4 Å². The van der Waals surface area contributed by atoms with Gasteiger partial charge in [-0.1, -0.05) is 12.1 Å². The number of rotatable bonds is 3. The van der Waals surface area contributed by atoms with Gasteiger partial charge in [-0.3, -0.25) is 9.78 Å². The van der Waals surface area contributed by atoms with E-state index in [4.69, 9.17) is 0 Å². The van der Waals surface area contributed by atoms with Gasteiger partial charge in [0.1, 0.15) is 0 Å². The monoisotopic (exact) mass is 270 g/mol. The lowest BCUT2D eigenvalue weighted by Gasteiger charge is -2.12. The van der Waals surface area contributed by atoms with Crippen molar-refractivity contribution in [2.24, 2.45) is 0 Å². The normalized spacial score (nSPS) is 10.1. The largest absolute Gasteiger partial charge is 0.478 e. The highest BCUT2D eigenvalue weighted by molar-refractivity contribution is 6.12. The molecule has 1 aromatic heterocycles. The fraction of sp³-hybridized carbons (Fsp3) is 0.133. The zero-order chi connectivity index (χ0) is 14.7. The van der Waals surface area contributed by atoms with Crippen molar-refractivity contribution in [3.63, 3.8) is 0 Å². The lowest BCUT2D eigenvalue weighted by atomic mass is 9.96. The van der Waals surface area contributed by atoms with Crippen LogP contribution in [0.25, 0.3) is 0 Å². The van der Waals surface area contributed by atoms with Crippen molar-refractivity contribution in [3.05, 3.63) is 58.9 Å². The van der Waals surface area contributed by atoms with Gasteiger partial charge in [0.2, 0.25) is 0 Å². The van der Waals surface area contributed by atoms with Crippen LogP contribution < -0.4 is 5.32 Å². The van der Waals surface area contributed by atoms with Gasteiger partial charge >= 0.3 is 5.97 Å². The van der Waals surface area contributed by atoms with E-state index < -0.39 is 11.9 Å². The van der Waals surface area contributed by atoms with Crippen LogP contribution in [0.3, 0.4) is 0 Å². The van der Waals surface area contributed by atoms with E-state index in [1.807, 2.05) is 0 Å². The first-order chi connectivity index (χ1) is 9.50. The summed E-state index contributed by atoms with van der Waals surface area (Å²) in [6, 6.07) is 6.81. The van der Waals surface area contributed by atoms with Crippen LogP contribution in [0.4, 0.5) is 5.69 Å². The molecular weight excluding hydrogens is 256 g/mol. The summed E-state index contributed by atoms with van der Waals surface area (Å²) in [6.07, 6.45) is 3.10. The van der Waals surface area contributed by atoms with Gasteiger partial charge in [-0.2, -0.15) is 0 Å². The van der Waals surface area contributed by atoms with E-state index in [1.165, 1.54) is 6.20 Å². The Labute approximate surface area is 116 Å². The van der Waals surface area contributed by atoms with E-state index >= 15 is 0 Å². The summed E-state index contributed by atoms with van der Waals surface area (Å²) < 4.78 is 0. The summed E-state index contributed by atoms with van der Waals surface area (Å²) in [5.41, 5.74) is 1.91. The average Bonchev–Trinajstić information content (AvgIpc) is 2.41. The molecule has 1 amide bonds. The molecule has 0 saturated carbocycles. The Balaban J connectivity index is 2.44. The van der Waals surface area contributed by atoms with Crippen molar-refractivity contribution in [2.75, 3.05) is 5.32 Å². The van der Waals surface area contributed by atoms with Gasteiger partial charge in [0.05, 0.1) is 23.0 Å². The molecule has 20 heavy (non-hydrogen) atoms. The number of anilines is 1. The number of carbonyl (C=O) groups is 2. The number of carboxylic acids is 1. The molecule has 102 valence electrons. The van der Waals surface area contributed by atoms with Gasteiger partial charge in [-0.15, -0.1) is 0 Å². The van der Waals surface area contributed by atoms with E-state index in [1.54, 1.807) is 44.3 Å². The standard InChI is InChI=1S/C15H14N2O3/c1-9-5-6-10(2)13(15(19)20)12(9)14(18)17-11-4-3-7-16-8-11/h3-8H,1-2H3,(H,17,18)(H,19,20). The number of carbonyl (C=O) groups excluding carboxylic acids is 1. The minimum Gasteiger partial charge on any atom is -0.478 e. The summed E-state index contributed by atoms with van der Waals surface area (Å²) in [5, 5.41) is 12.0. The van der Waals surface area contributed by atoms with Gasteiger partial charge in [-0.25, -0.2) is 4.79 Å². The van der Waals surface area contributed by atoms with Crippen LogP contribution in [0.5, 0.6) is 0 Å².